The van der Waals surface area contributed by atoms with Gasteiger partial charge in [0, 0.05) is 19.1 Å². The highest BCUT2D eigenvalue weighted by Gasteiger charge is 2.31. The molecule has 0 radical (unpaired) electrons. The van der Waals surface area contributed by atoms with Crippen molar-refractivity contribution in [3.63, 3.8) is 0 Å². The van der Waals surface area contributed by atoms with Gasteiger partial charge < -0.3 is 0 Å². The minimum atomic E-state index is -3.59. The van der Waals surface area contributed by atoms with Crippen LogP contribution in [0.5, 0.6) is 0 Å². The predicted octanol–water partition coefficient (Wildman–Crippen LogP) is 1.27. The first-order valence-corrected chi connectivity index (χ1v) is 11.7. The van der Waals surface area contributed by atoms with Gasteiger partial charge in [0.15, 0.2) is 0 Å². The second kappa shape index (κ2) is 6.74. The molecule has 1 heterocycles. The number of hydrogen-bond acceptors (Lipinski definition) is 4. The average molecular weight is 373 g/mol. The Labute approximate surface area is 144 Å². The lowest BCUT2D eigenvalue weighted by atomic mass is 9.92. The largest absolute Gasteiger partial charge is 0.243 e. The Balaban J connectivity index is 1.82. The Hall–Kier alpha value is -0.960. The number of rotatable bonds is 4. The third-order valence-corrected chi connectivity index (χ3v) is 7.35. The van der Waals surface area contributed by atoms with Crippen molar-refractivity contribution >= 4 is 20.0 Å². The Bertz CT molecular complexity index is 818. The zero-order valence-corrected chi connectivity index (χ0v) is 15.5. The molecule has 3 rings (SSSR count). The summed E-state index contributed by atoms with van der Waals surface area (Å²) in [6.07, 6.45) is 6.60. The van der Waals surface area contributed by atoms with Crippen molar-refractivity contribution < 1.29 is 16.8 Å². The van der Waals surface area contributed by atoms with Crippen molar-refractivity contribution in [2.24, 2.45) is 0 Å². The fraction of sp³-hybridized carbons (Fsp3) is 0.625. The Morgan fingerprint density at radius 3 is 2.46 bits per heavy atom. The van der Waals surface area contributed by atoms with Crippen LogP contribution < -0.4 is 4.72 Å². The lowest BCUT2D eigenvalue weighted by Crippen LogP contribution is -2.49. The Kier molecular flexibility index (Phi) is 5.01. The van der Waals surface area contributed by atoms with E-state index in [4.69, 9.17) is 0 Å². The molecule has 1 aliphatic heterocycles. The van der Waals surface area contributed by atoms with Gasteiger partial charge in [-0.15, -0.1) is 0 Å². The highest BCUT2D eigenvalue weighted by Crippen LogP contribution is 2.27. The molecule has 1 saturated heterocycles. The van der Waals surface area contributed by atoms with Crippen LogP contribution in [0.25, 0.3) is 0 Å². The third kappa shape index (κ3) is 3.99. The van der Waals surface area contributed by atoms with Crippen molar-refractivity contribution in [1.29, 1.82) is 0 Å². The number of fused-ring (bicyclic) bond motifs is 1. The van der Waals surface area contributed by atoms with Gasteiger partial charge in [0.25, 0.3) is 0 Å². The smallest absolute Gasteiger partial charge is 0.213 e. The number of sulfonamides is 2. The SMILES string of the molecule is CS(=O)(=O)NC1CCCN(S(=O)(=O)c2ccc3c(c2)CCCC3)C1. The van der Waals surface area contributed by atoms with E-state index in [9.17, 15) is 16.8 Å². The standard InChI is InChI=1S/C16H24N2O4S2/c1-23(19,20)17-15-7-4-10-18(12-15)24(21,22)16-9-8-13-5-2-3-6-14(13)11-16/h8-9,11,15,17H,2-7,10,12H2,1H3. The quantitative estimate of drug-likeness (QED) is 0.863. The lowest BCUT2D eigenvalue weighted by Gasteiger charge is -2.32. The molecule has 0 amide bonds. The average Bonchev–Trinajstić information content (AvgIpc) is 2.53. The van der Waals surface area contributed by atoms with Crippen molar-refractivity contribution in [3.8, 4) is 0 Å². The maximum atomic E-state index is 12.9. The van der Waals surface area contributed by atoms with Gasteiger partial charge in [0.05, 0.1) is 11.2 Å². The summed E-state index contributed by atoms with van der Waals surface area (Å²) in [6.45, 7) is 0.619. The number of nitrogens with one attached hydrogen (secondary N) is 1. The molecule has 1 fully saturated rings. The first kappa shape index (κ1) is 17.8. The summed E-state index contributed by atoms with van der Waals surface area (Å²) in [7, 11) is -6.93. The van der Waals surface area contributed by atoms with Crippen molar-refractivity contribution in [3.05, 3.63) is 29.3 Å². The second-order valence-electron chi connectivity index (χ2n) is 6.73. The molecule has 8 heteroatoms. The normalized spacial score (nSPS) is 23.0. The molecule has 134 valence electrons. The summed E-state index contributed by atoms with van der Waals surface area (Å²) in [6, 6.07) is 5.06. The van der Waals surface area contributed by atoms with Gasteiger partial charge in [-0.3, -0.25) is 0 Å². The molecule has 1 aliphatic carbocycles. The van der Waals surface area contributed by atoms with Gasteiger partial charge in [0.1, 0.15) is 0 Å². The minimum Gasteiger partial charge on any atom is -0.213 e. The number of piperidine rings is 1. The Morgan fingerprint density at radius 2 is 1.75 bits per heavy atom. The summed E-state index contributed by atoms with van der Waals surface area (Å²) >= 11 is 0. The van der Waals surface area contributed by atoms with Crippen molar-refractivity contribution in [2.75, 3.05) is 19.3 Å². The van der Waals surface area contributed by atoms with E-state index in [1.807, 2.05) is 6.07 Å². The zero-order valence-electron chi connectivity index (χ0n) is 13.9. The van der Waals surface area contributed by atoms with Crippen LogP contribution in [-0.4, -0.2) is 46.5 Å². The monoisotopic (exact) mass is 372 g/mol. The number of nitrogens with zero attached hydrogens (tertiary/aromatic N) is 1. The molecule has 0 spiro atoms. The molecule has 1 aromatic rings. The Morgan fingerprint density at radius 1 is 1.04 bits per heavy atom. The summed E-state index contributed by atoms with van der Waals surface area (Å²) in [5, 5.41) is 0. The van der Waals surface area contributed by atoms with Crippen LogP contribution in [0.1, 0.15) is 36.8 Å². The predicted molar refractivity (Wildman–Crippen MR) is 92.8 cm³/mol. The van der Waals surface area contributed by atoms with Crippen LogP contribution in [0.2, 0.25) is 0 Å². The third-order valence-electron chi connectivity index (χ3n) is 4.72. The van der Waals surface area contributed by atoms with E-state index in [0.717, 1.165) is 37.5 Å². The van der Waals surface area contributed by atoms with Gasteiger partial charge >= 0.3 is 0 Å². The fourth-order valence-electron chi connectivity index (χ4n) is 3.58. The first-order valence-electron chi connectivity index (χ1n) is 8.35. The maximum absolute atomic E-state index is 12.9. The highest BCUT2D eigenvalue weighted by molar-refractivity contribution is 7.89. The summed E-state index contributed by atoms with van der Waals surface area (Å²) in [5.74, 6) is 0. The molecule has 0 bridgehead atoms. The highest BCUT2D eigenvalue weighted by atomic mass is 32.2. The lowest BCUT2D eigenvalue weighted by molar-refractivity contribution is 0.303. The molecule has 0 aromatic heterocycles. The van der Waals surface area contributed by atoms with E-state index in [1.165, 1.54) is 9.87 Å². The van der Waals surface area contributed by atoms with Gasteiger partial charge in [-0.25, -0.2) is 21.6 Å². The molecular formula is C16H24N2O4S2. The second-order valence-corrected chi connectivity index (χ2v) is 10.4. The van der Waals surface area contributed by atoms with Crippen molar-refractivity contribution in [1.82, 2.24) is 9.03 Å². The van der Waals surface area contributed by atoms with Crippen LogP contribution >= 0.6 is 0 Å². The van der Waals surface area contributed by atoms with Crippen LogP contribution in [0.4, 0.5) is 0 Å². The van der Waals surface area contributed by atoms with Crippen LogP contribution in [0.15, 0.2) is 23.1 Å². The van der Waals surface area contributed by atoms with E-state index in [2.05, 4.69) is 4.72 Å². The summed E-state index contributed by atoms with van der Waals surface area (Å²) in [4.78, 5) is 0.322. The molecule has 6 nitrogen and oxygen atoms in total. The molecule has 0 saturated carbocycles. The van der Waals surface area contributed by atoms with Gasteiger partial charge in [-0.1, -0.05) is 6.07 Å². The molecule has 1 aromatic carbocycles. The molecule has 1 unspecified atom stereocenters. The number of hydrogen-bond donors (Lipinski definition) is 1. The van der Waals surface area contributed by atoms with E-state index >= 15 is 0 Å². The topological polar surface area (TPSA) is 83.6 Å². The minimum absolute atomic E-state index is 0.187. The van der Waals surface area contributed by atoms with E-state index < -0.39 is 20.0 Å². The number of aryl methyl sites for hydroxylation is 2. The van der Waals surface area contributed by atoms with E-state index in [1.54, 1.807) is 12.1 Å². The van der Waals surface area contributed by atoms with Gasteiger partial charge in [0.2, 0.25) is 20.0 Å². The van der Waals surface area contributed by atoms with Gasteiger partial charge in [-0.2, -0.15) is 4.31 Å². The molecule has 1 N–H and O–H groups in total. The maximum Gasteiger partial charge on any atom is 0.243 e. The zero-order chi connectivity index (χ0) is 17.4. The number of benzene rings is 1. The molecule has 24 heavy (non-hydrogen) atoms. The van der Waals surface area contributed by atoms with E-state index in [-0.39, 0.29) is 12.6 Å². The van der Waals surface area contributed by atoms with Crippen molar-refractivity contribution in [2.45, 2.75) is 49.5 Å². The molecule has 1 atom stereocenters. The first-order chi connectivity index (χ1) is 11.3. The van der Waals surface area contributed by atoms with Crippen LogP contribution in [-0.2, 0) is 32.9 Å². The van der Waals surface area contributed by atoms with Gasteiger partial charge in [-0.05, 0) is 61.8 Å². The molecule has 2 aliphatic rings. The van der Waals surface area contributed by atoms with Crippen LogP contribution in [0, 0.1) is 0 Å². The molecular weight excluding hydrogens is 348 g/mol. The van der Waals surface area contributed by atoms with E-state index in [0.29, 0.717) is 24.3 Å². The van der Waals surface area contributed by atoms with Crippen LogP contribution in [0.3, 0.4) is 0 Å². The fourth-order valence-corrected chi connectivity index (χ4v) is 5.95. The summed E-state index contributed by atoms with van der Waals surface area (Å²) in [5.41, 5.74) is 2.38. The summed E-state index contributed by atoms with van der Waals surface area (Å²) < 4.78 is 52.6.